The van der Waals surface area contributed by atoms with E-state index in [9.17, 15) is 0 Å². The van der Waals surface area contributed by atoms with E-state index >= 15 is 0 Å². The van der Waals surface area contributed by atoms with Gasteiger partial charge in [0.05, 0.1) is 11.6 Å². The Morgan fingerprint density at radius 3 is 2.86 bits per heavy atom. The van der Waals surface area contributed by atoms with E-state index in [0.29, 0.717) is 12.0 Å². The summed E-state index contributed by atoms with van der Waals surface area (Å²) < 4.78 is 0. The Kier molecular flexibility index (Phi) is 3.90. The number of benzene rings is 1. The molecule has 0 aliphatic rings. The maximum absolute atomic E-state index is 8.72. The zero-order valence-corrected chi connectivity index (χ0v) is 8.20. The molecule has 72 valence electrons. The Morgan fingerprint density at radius 2 is 2.29 bits per heavy atom. The zero-order chi connectivity index (χ0) is 10.4. The van der Waals surface area contributed by atoms with E-state index in [1.54, 1.807) is 0 Å². The van der Waals surface area contributed by atoms with Gasteiger partial charge in [-0.15, -0.1) is 0 Å². The summed E-state index contributed by atoms with van der Waals surface area (Å²) in [6.45, 7) is 2.09. The SMILES string of the molecule is Cc1cc(C=CCCO)ccc1C#N. The minimum Gasteiger partial charge on any atom is -0.396 e. The van der Waals surface area contributed by atoms with Crippen molar-refractivity contribution in [3.63, 3.8) is 0 Å². The third-order valence-corrected chi connectivity index (χ3v) is 1.98. The molecule has 0 amide bonds. The first kappa shape index (κ1) is 10.5. The standard InChI is InChI=1S/C12H13NO/c1-10-8-11(4-2-3-7-14)5-6-12(10)9-13/h2,4-6,8,14H,3,7H2,1H3. The molecule has 14 heavy (non-hydrogen) atoms. The third kappa shape index (κ3) is 2.72. The van der Waals surface area contributed by atoms with Gasteiger partial charge in [0.15, 0.2) is 0 Å². The Balaban J connectivity index is 2.82. The van der Waals surface area contributed by atoms with Crippen molar-refractivity contribution in [1.29, 1.82) is 5.26 Å². The van der Waals surface area contributed by atoms with Crippen molar-refractivity contribution in [3.8, 4) is 6.07 Å². The lowest BCUT2D eigenvalue weighted by atomic mass is 10.1. The molecule has 0 bridgehead atoms. The van der Waals surface area contributed by atoms with E-state index in [-0.39, 0.29) is 6.61 Å². The molecule has 1 rings (SSSR count). The monoisotopic (exact) mass is 187 g/mol. The molecule has 0 heterocycles. The fourth-order valence-electron chi connectivity index (χ4n) is 1.21. The Bertz CT molecular complexity index is 374. The van der Waals surface area contributed by atoms with Crippen LogP contribution in [0.5, 0.6) is 0 Å². The number of aryl methyl sites for hydroxylation is 1. The fourth-order valence-corrected chi connectivity index (χ4v) is 1.21. The zero-order valence-electron chi connectivity index (χ0n) is 8.20. The highest BCUT2D eigenvalue weighted by molar-refractivity contribution is 5.53. The molecular formula is C12H13NO. The third-order valence-electron chi connectivity index (χ3n) is 1.98. The van der Waals surface area contributed by atoms with E-state index in [1.807, 2.05) is 37.3 Å². The summed E-state index contributed by atoms with van der Waals surface area (Å²) in [5.74, 6) is 0. The van der Waals surface area contributed by atoms with Crippen LogP contribution in [0, 0.1) is 18.3 Å². The number of nitrogens with zero attached hydrogens (tertiary/aromatic N) is 1. The highest BCUT2D eigenvalue weighted by atomic mass is 16.2. The Hall–Kier alpha value is -1.59. The molecule has 0 atom stereocenters. The molecule has 2 nitrogen and oxygen atoms in total. The number of rotatable bonds is 3. The summed E-state index contributed by atoms with van der Waals surface area (Å²) in [5.41, 5.74) is 2.76. The summed E-state index contributed by atoms with van der Waals surface area (Å²) in [7, 11) is 0. The number of aliphatic hydroxyl groups is 1. The van der Waals surface area contributed by atoms with Crippen molar-refractivity contribution >= 4 is 6.08 Å². The molecule has 1 N–H and O–H groups in total. The van der Waals surface area contributed by atoms with Crippen LogP contribution in [0.4, 0.5) is 0 Å². The fraction of sp³-hybridized carbons (Fsp3) is 0.250. The number of hydrogen-bond acceptors (Lipinski definition) is 2. The van der Waals surface area contributed by atoms with Gasteiger partial charge < -0.3 is 5.11 Å². The second-order valence-corrected chi connectivity index (χ2v) is 3.10. The molecule has 0 spiro atoms. The van der Waals surface area contributed by atoms with Crippen LogP contribution >= 0.6 is 0 Å². The summed E-state index contributed by atoms with van der Waals surface area (Å²) in [6.07, 6.45) is 4.53. The molecule has 1 aromatic carbocycles. The van der Waals surface area contributed by atoms with Gasteiger partial charge in [0.1, 0.15) is 0 Å². The molecule has 0 aliphatic carbocycles. The van der Waals surface area contributed by atoms with Gasteiger partial charge in [-0.25, -0.2) is 0 Å². The lowest BCUT2D eigenvalue weighted by molar-refractivity contribution is 0.303. The van der Waals surface area contributed by atoms with Crippen LogP contribution in [0.2, 0.25) is 0 Å². The van der Waals surface area contributed by atoms with Gasteiger partial charge >= 0.3 is 0 Å². The summed E-state index contributed by atoms with van der Waals surface area (Å²) in [6, 6.07) is 7.81. The second kappa shape index (κ2) is 5.21. The summed E-state index contributed by atoms with van der Waals surface area (Å²) >= 11 is 0. The lowest BCUT2D eigenvalue weighted by Gasteiger charge is -1.98. The largest absolute Gasteiger partial charge is 0.396 e. The molecule has 0 unspecified atom stereocenters. The van der Waals surface area contributed by atoms with E-state index in [1.165, 1.54) is 0 Å². The average Bonchev–Trinajstić information content (AvgIpc) is 2.18. The van der Waals surface area contributed by atoms with Gasteiger partial charge in [-0.1, -0.05) is 24.3 Å². The Labute approximate surface area is 84.1 Å². The predicted octanol–water partition coefficient (Wildman–Crippen LogP) is 2.26. The smallest absolute Gasteiger partial charge is 0.0994 e. The van der Waals surface area contributed by atoms with Crippen LogP contribution < -0.4 is 0 Å². The van der Waals surface area contributed by atoms with Crippen molar-refractivity contribution in [2.24, 2.45) is 0 Å². The molecule has 0 saturated heterocycles. The van der Waals surface area contributed by atoms with Crippen LogP contribution in [0.15, 0.2) is 24.3 Å². The van der Waals surface area contributed by atoms with Crippen LogP contribution in [-0.4, -0.2) is 11.7 Å². The van der Waals surface area contributed by atoms with E-state index < -0.39 is 0 Å². The van der Waals surface area contributed by atoms with Gasteiger partial charge in [-0.05, 0) is 30.5 Å². The molecule has 0 saturated carbocycles. The number of hydrogen-bond donors (Lipinski definition) is 1. The molecule has 0 radical (unpaired) electrons. The van der Waals surface area contributed by atoms with E-state index in [4.69, 9.17) is 10.4 Å². The van der Waals surface area contributed by atoms with Crippen molar-refractivity contribution in [1.82, 2.24) is 0 Å². The van der Waals surface area contributed by atoms with Crippen LogP contribution in [-0.2, 0) is 0 Å². The number of nitriles is 1. The molecule has 0 aliphatic heterocycles. The van der Waals surface area contributed by atoms with Crippen LogP contribution in [0.1, 0.15) is 23.1 Å². The minimum absolute atomic E-state index is 0.172. The molecule has 2 heteroatoms. The first-order chi connectivity index (χ1) is 6.77. The second-order valence-electron chi connectivity index (χ2n) is 3.10. The maximum atomic E-state index is 8.72. The molecule has 0 fully saturated rings. The summed E-state index contributed by atoms with van der Waals surface area (Å²) in [5, 5.41) is 17.3. The highest BCUT2D eigenvalue weighted by Gasteiger charge is 1.95. The average molecular weight is 187 g/mol. The lowest BCUT2D eigenvalue weighted by Crippen LogP contribution is -1.83. The van der Waals surface area contributed by atoms with Crippen LogP contribution in [0.3, 0.4) is 0 Å². The van der Waals surface area contributed by atoms with Crippen molar-refractivity contribution in [2.45, 2.75) is 13.3 Å². The quantitative estimate of drug-likeness (QED) is 0.788. The van der Waals surface area contributed by atoms with Gasteiger partial charge in [-0.3, -0.25) is 0 Å². The van der Waals surface area contributed by atoms with Crippen molar-refractivity contribution in [2.75, 3.05) is 6.61 Å². The number of aliphatic hydroxyl groups excluding tert-OH is 1. The first-order valence-electron chi connectivity index (χ1n) is 4.56. The van der Waals surface area contributed by atoms with Gasteiger partial charge in [0.25, 0.3) is 0 Å². The Morgan fingerprint density at radius 1 is 1.50 bits per heavy atom. The maximum Gasteiger partial charge on any atom is 0.0994 e. The molecule has 1 aromatic rings. The van der Waals surface area contributed by atoms with Gasteiger partial charge in [-0.2, -0.15) is 5.26 Å². The minimum atomic E-state index is 0.172. The topological polar surface area (TPSA) is 44.0 Å². The van der Waals surface area contributed by atoms with E-state index in [0.717, 1.165) is 11.1 Å². The summed E-state index contributed by atoms with van der Waals surface area (Å²) in [4.78, 5) is 0. The molecule has 0 aromatic heterocycles. The van der Waals surface area contributed by atoms with Crippen molar-refractivity contribution < 1.29 is 5.11 Å². The predicted molar refractivity (Wildman–Crippen MR) is 56.6 cm³/mol. The highest BCUT2D eigenvalue weighted by Crippen LogP contribution is 2.11. The van der Waals surface area contributed by atoms with Crippen molar-refractivity contribution in [3.05, 3.63) is 41.0 Å². The van der Waals surface area contributed by atoms with Gasteiger partial charge in [0, 0.05) is 6.61 Å². The first-order valence-corrected chi connectivity index (χ1v) is 4.56. The normalized spacial score (nSPS) is 10.4. The molecular weight excluding hydrogens is 174 g/mol. The van der Waals surface area contributed by atoms with Gasteiger partial charge in [0.2, 0.25) is 0 Å². The van der Waals surface area contributed by atoms with Crippen LogP contribution in [0.25, 0.3) is 6.08 Å². The van der Waals surface area contributed by atoms with E-state index in [2.05, 4.69) is 6.07 Å².